The second kappa shape index (κ2) is 10.3. The van der Waals surface area contributed by atoms with Crippen LogP contribution >= 0.6 is 11.8 Å². The van der Waals surface area contributed by atoms with Crippen LogP contribution in [0.5, 0.6) is 0 Å². The number of piperidine rings is 1. The Kier molecular flexibility index (Phi) is 7.75. The normalized spacial score (nSPS) is 15.2. The molecule has 3 rings (SSSR count). The van der Waals surface area contributed by atoms with Gasteiger partial charge in [-0.3, -0.25) is 4.79 Å². The fourth-order valence-electron chi connectivity index (χ4n) is 3.37. The lowest BCUT2D eigenvalue weighted by Crippen LogP contribution is -2.35. The average Bonchev–Trinajstić information content (AvgIpc) is 2.77. The number of sulfonamides is 1. The minimum absolute atomic E-state index is 0.0102. The van der Waals surface area contributed by atoms with Crippen molar-refractivity contribution in [2.75, 3.05) is 19.3 Å². The van der Waals surface area contributed by atoms with Crippen LogP contribution in [0, 0.1) is 0 Å². The number of rotatable bonds is 8. The van der Waals surface area contributed by atoms with Gasteiger partial charge in [-0.25, -0.2) is 8.42 Å². The largest absolute Gasteiger partial charge is 0.352 e. The molecule has 2 aromatic rings. The number of carbonyl (C=O) groups excluding carboxylic acids is 1. The van der Waals surface area contributed by atoms with Gasteiger partial charge in [0.2, 0.25) is 15.9 Å². The molecule has 0 aliphatic carbocycles. The monoisotopic (exact) mass is 432 g/mol. The Morgan fingerprint density at radius 2 is 1.59 bits per heavy atom. The third-order valence-corrected chi connectivity index (χ3v) is 7.82. The molecule has 1 N–H and O–H groups in total. The van der Waals surface area contributed by atoms with Crippen molar-refractivity contribution in [2.24, 2.45) is 0 Å². The van der Waals surface area contributed by atoms with Gasteiger partial charge in [-0.2, -0.15) is 4.31 Å². The van der Waals surface area contributed by atoms with Crippen molar-refractivity contribution in [3.8, 4) is 0 Å². The Morgan fingerprint density at radius 1 is 0.966 bits per heavy atom. The Bertz CT molecular complexity index is 904. The van der Waals surface area contributed by atoms with E-state index >= 15 is 0 Å². The first-order valence-electron chi connectivity index (χ1n) is 9.98. The molecule has 1 saturated heterocycles. The second-order valence-electron chi connectivity index (χ2n) is 7.23. The molecule has 0 radical (unpaired) electrons. The summed E-state index contributed by atoms with van der Waals surface area (Å²) in [4.78, 5) is 13.7. The van der Waals surface area contributed by atoms with E-state index in [4.69, 9.17) is 0 Å². The molecular formula is C22H28N2O3S2. The molecule has 1 aliphatic heterocycles. The molecule has 5 nitrogen and oxygen atoms in total. The molecular weight excluding hydrogens is 404 g/mol. The van der Waals surface area contributed by atoms with Gasteiger partial charge in [0.1, 0.15) is 0 Å². The summed E-state index contributed by atoms with van der Waals surface area (Å²) in [5.41, 5.74) is 2.03. The van der Waals surface area contributed by atoms with Crippen molar-refractivity contribution in [3.05, 3.63) is 59.7 Å². The van der Waals surface area contributed by atoms with Gasteiger partial charge >= 0.3 is 0 Å². The lowest BCUT2D eigenvalue weighted by molar-refractivity contribution is -0.121. The number of aryl methyl sites for hydroxylation is 1. The van der Waals surface area contributed by atoms with Crippen LogP contribution in [-0.2, 0) is 27.8 Å². The highest BCUT2D eigenvalue weighted by Gasteiger charge is 2.25. The first kappa shape index (κ1) is 21.9. The van der Waals surface area contributed by atoms with Crippen LogP contribution in [0.25, 0.3) is 0 Å². The van der Waals surface area contributed by atoms with Crippen molar-refractivity contribution in [1.82, 2.24) is 9.62 Å². The van der Waals surface area contributed by atoms with Crippen LogP contribution in [0.15, 0.2) is 58.3 Å². The van der Waals surface area contributed by atoms with E-state index in [-0.39, 0.29) is 5.91 Å². The molecule has 0 aromatic heterocycles. The SMILES string of the molecule is CSc1ccc(CNC(=O)CCc2ccc(S(=O)(=O)N3CCCCC3)cc2)cc1. The number of nitrogens with zero attached hydrogens (tertiary/aromatic N) is 1. The van der Waals surface area contributed by atoms with Gasteiger partial charge in [-0.05, 0) is 60.9 Å². The molecule has 7 heteroatoms. The zero-order valence-corrected chi connectivity index (χ0v) is 18.4. The highest BCUT2D eigenvalue weighted by atomic mass is 32.2. The Labute approximate surface area is 177 Å². The maximum absolute atomic E-state index is 12.7. The zero-order valence-electron chi connectivity index (χ0n) is 16.8. The van der Waals surface area contributed by atoms with E-state index in [9.17, 15) is 13.2 Å². The van der Waals surface area contributed by atoms with Crippen LogP contribution < -0.4 is 5.32 Å². The summed E-state index contributed by atoms with van der Waals surface area (Å²) in [7, 11) is -3.40. The smallest absolute Gasteiger partial charge is 0.243 e. The van der Waals surface area contributed by atoms with Gasteiger partial charge in [-0.15, -0.1) is 11.8 Å². The van der Waals surface area contributed by atoms with E-state index in [1.807, 2.05) is 42.7 Å². The first-order chi connectivity index (χ1) is 14.0. The number of carbonyl (C=O) groups is 1. The lowest BCUT2D eigenvalue weighted by Gasteiger charge is -2.25. The molecule has 156 valence electrons. The third kappa shape index (κ3) is 6.07. The number of amides is 1. The molecule has 29 heavy (non-hydrogen) atoms. The Morgan fingerprint density at radius 3 is 2.21 bits per heavy atom. The predicted octanol–water partition coefficient (Wildman–Crippen LogP) is 3.83. The number of nitrogens with one attached hydrogen (secondary N) is 1. The fourth-order valence-corrected chi connectivity index (χ4v) is 5.30. The molecule has 0 saturated carbocycles. The molecule has 0 atom stereocenters. The quantitative estimate of drug-likeness (QED) is 0.644. The van der Waals surface area contributed by atoms with E-state index in [1.165, 1.54) is 4.90 Å². The maximum Gasteiger partial charge on any atom is 0.243 e. The average molecular weight is 433 g/mol. The maximum atomic E-state index is 12.7. The fraction of sp³-hybridized carbons (Fsp3) is 0.409. The van der Waals surface area contributed by atoms with Crippen molar-refractivity contribution in [3.63, 3.8) is 0 Å². The van der Waals surface area contributed by atoms with E-state index < -0.39 is 10.0 Å². The van der Waals surface area contributed by atoms with Gasteiger partial charge in [0.15, 0.2) is 0 Å². The van der Waals surface area contributed by atoms with E-state index in [2.05, 4.69) is 5.32 Å². The highest BCUT2D eigenvalue weighted by molar-refractivity contribution is 7.98. The van der Waals surface area contributed by atoms with Gasteiger partial charge in [0, 0.05) is 31.0 Å². The molecule has 2 aromatic carbocycles. The summed E-state index contributed by atoms with van der Waals surface area (Å²) in [5, 5.41) is 2.94. The summed E-state index contributed by atoms with van der Waals surface area (Å²) in [6.45, 7) is 1.72. The van der Waals surface area contributed by atoms with Crippen LogP contribution in [0.1, 0.15) is 36.8 Å². The minimum atomic E-state index is -3.40. The van der Waals surface area contributed by atoms with Gasteiger partial charge in [0.05, 0.1) is 4.90 Å². The summed E-state index contributed by atoms with van der Waals surface area (Å²) >= 11 is 1.69. The first-order valence-corrected chi connectivity index (χ1v) is 12.6. The zero-order chi connectivity index (χ0) is 20.7. The molecule has 1 aliphatic rings. The van der Waals surface area contributed by atoms with Crippen LogP contribution in [0.3, 0.4) is 0 Å². The molecule has 1 fully saturated rings. The van der Waals surface area contributed by atoms with E-state index in [1.54, 1.807) is 28.2 Å². The minimum Gasteiger partial charge on any atom is -0.352 e. The number of benzene rings is 2. The summed E-state index contributed by atoms with van der Waals surface area (Å²) in [5.74, 6) is -0.0102. The van der Waals surface area contributed by atoms with Crippen molar-refractivity contribution in [1.29, 1.82) is 0 Å². The van der Waals surface area contributed by atoms with Gasteiger partial charge in [-0.1, -0.05) is 30.7 Å². The number of hydrogen-bond donors (Lipinski definition) is 1. The predicted molar refractivity (Wildman–Crippen MR) is 117 cm³/mol. The second-order valence-corrected chi connectivity index (χ2v) is 10.1. The summed E-state index contributed by atoms with van der Waals surface area (Å²) in [6.07, 6.45) is 5.94. The van der Waals surface area contributed by atoms with E-state index in [0.717, 1.165) is 30.4 Å². The topological polar surface area (TPSA) is 66.5 Å². The number of hydrogen-bond acceptors (Lipinski definition) is 4. The van der Waals surface area contributed by atoms with Crippen LogP contribution in [0.4, 0.5) is 0 Å². The van der Waals surface area contributed by atoms with Crippen LogP contribution in [0.2, 0.25) is 0 Å². The van der Waals surface area contributed by atoms with Crippen molar-refractivity contribution in [2.45, 2.75) is 48.4 Å². The lowest BCUT2D eigenvalue weighted by atomic mass is 10.1. The van der Waals surface area contributed by atoms with Crippen molar-refractivity contribution >= 4 is 27.7 Å². The Hall–Kier alpha value is -1.83. The third-order valence-electron chi connectivity index (χ3n) is 5.17. The van der Waals surface area contributed by atoms with Crippen molar-refractivity contribution < 1.29 is 13.2 Å². The highest BCUT2D eigenvalue weighted by Crippen LogP contribution is 2.21. The van der Waals surface area contributed by atoms with Crippen LogP contribution in [-0.4, -0.2) is 38.0 Å². The number of thioether (sulfide) groups is 1. The summed E-state index contributed by atoms with van der Waals surface area (Å²) < 4.78 is 26.9. The van der Waals surface area contributed by atoms with Gasteiger partial charge < -0.3 is 5.32 Å². The van der Waals surface area contributed by atoms with Gasteiger partial charge in [0.25, 0.3) is 0 Å². The molecule has 0 spiro atoms. The Balaban J connectivity index is 1.48. The molecule has 1 amide bonds. The molecule has 0 bridgehead atoms. The molecule has 1 heterocycles. The standard InChI is InChI=1S/C22H28N2O3S2/c1-28-20-10-5-19(6-11-20)17-23-22(25)14-9-18-7-12-21(13-8-18)29(26,27)24-15-3-2-4-16-24/h5-8,10-13H,2-4,9,14-17H2,1H3,(H,23,25). The van der Waals surface area contributed by atoms with E-state index in [0.29, 0.717) is 37.4 Å². The summed E-state index contributed by atoms with van der Waals surface area (Å²) in [6, 6.07) is 15.1. The molecule has 0 unspecified atom stereocenters.